The number of aromatic nitrogens is 5. The number of anilines is 1. The molecule has 1 saturated heterocycles. The Morgan fingerprint density at radius 1 is 1.12 bits per heavy atom. The highest BCUT2D eigenvalue weighted by Gasteiger charge is 2.35. The predicted molar refractivity (Wildman–Crippen MR) is 121 cm³/mol. The third-order valence-electron chi connectivity index (χ3n) is 5.38. The van der Waals surface area contributed by atoms with E-state index in [1.807, 2.05) is 6.07 Å². The molecule has 1 fully saturated rings. The Morgan fingerprint density at radius 3 is 2.41 bits per heavy atom. The van der Waals surface area contributed by atoms with E-state index in [4.69, 9.17) is 9.47 Å². The van der Waals surface area contributed by atoms with Crippen LogP contribution in [-0.2, 0) is 10.0 Å². The van der Waals surface area contributed by atoms with E-state index in [0.29, 0.717) is 24.2 Å². The molecule has 3 aromatic rings. The topological polar surface area (TPSA) is 162 Å². The smallest absolute Gasteiger partial charge is 0.407 e. The van der Waals surface area contributed by atoms with Gasteiger partial charge in [0.2, 0.25) is 27.7 Å². The molecule has 0 aliphatic carbocycles. The van der Waals surface area contributed by atoms with Gasteiger partial charge in [0.05, 0.1) is 19.5 Å². The average molecular weight is 490 g/mol. The molecule has 0 spiro atoms. The van der Waals surface area contributed by atoms with Crippen molar-refractivity contribution in [3.05, 3.63) is 36.7 Å². The molecule has 1 aliphatic rings. The minimum atomic E-state index is -4.04. The van der Waals surface area contributed by atoms with Gasteiger partial charge in [0.15, 0.2) is 11.5 Å². The fourth-order valence-corrected chi connectivity index (χ4v) is 5.16. The van der Waals surface area contributed by atoms with E-state index in [-0.39, 0.29) is 36.5 Å². The summed E-state index contributed by atoms with van der Waals surface area (Å²) < 4.78 is 41.2. The number of rotatable bonds is 7. The van der Waals surface area contributed by atoms with Gasteiger partial charge in [0, 0.05) is 18.7 Å². The molecule has 1 atom stereocenters. The number of carboxylic acid groups (broad SMARTS) is 1. The SMILES string of the molecule is COc1ncnc(OC)c1-n1c(NS(=O)(=O)C2CCCN(C(=O)O)C2)nnc1-c1ccccc1. The van der Waals surface area contributed by atoms with Gasteiger partial charge in [-0.2, -0.15) is 9.97 Å². The van der Waals surface area contributed by atoms with E-state index in [1.165, 1.54) is 25.1 Å². The highest BCUT2D eigenvalue weighted by Crippen LogP contribution is 2.35. The van der Waals surface area contributed by atoms with Crippen LogP contribution in [0.15, 0.2) is 36.7 Å². The van der Waals surface area contributed by atoms with Crippen LogP contribution in [0.1, 0.15) is 12.8 Å². The minimum absolute atomic E-state index is 0.110. The average Bonchev–Trinajstić information content (AvgIpc) is 3.26. The van der Waals surface area contributed by atoms with E-state index in [9.17, 15) is 18.3 Å². The van der Waals surface area contributed by atoms with Crippen LogP contribution in [-0.4, -0.2) is 81.8 Å². The molecule has 2 N–H and O–H groups in total. The fourth-order valence-electron chi connectivity index (χ4n) is 3.75. The van der Waals surface area contributed by atoms with Crippen LogP contribution in [0.5, 0.6) is 11.8 Å². The third kappa shape index (κ3) is 4.44. The number of benzene rings is 1. The number of amides is 1. The van der Waals surface area contributed by atoms with Crippen molar-refractivity contribution >= 4 is 22.1 Å². The van der Waals surface area contributed by atoms with E-state index in [2.05, 4.69) is 24.9 Å². The number of nitrogens with zero attached hydrogens (tertiary/aromatic N) is 6. The van der Waals surface area contributed by atoms with Gasteiger partial charge < -0.3 is 19.5 Å². The maximum absolute atomic E-state index is 13.3. The molecule has 0 saturated carbocycles. The second kappa shape index (κ2) is 9.51. The second-order valence-electron chi connectivity index (χ2n) is 7.43. The number of hydrogen-bond donors (Lipinski definition) is 2. The predicted octanol–water partition coefficient (Wildman–Crippen LogP) is 1.63. The summed E-state index contributed by atoms with van der Waals surface area (Å²) in [6.45, 7) is 0.136. The number of piperidine rings is 1. The van der Waals surface area contributed by atoms with E-state index in [0.717, 1.165) is 4.90 Å². The molecule has 180 valence electrons. The lowest BCUT2D eigenvalue weighted by Crippen LogP contribution is -2.46. The minimum Gasteiger partial charge on any atom is -0.479 e. The summed E-state index contributed by atoms with van der Waals surface area (Å²) in [5.41, 5.74) is 0.841. The van der Waals surface area contributed by atoms with Crippen molar-refractivity contribution in [3.63, 3.8) is 0 Å². The molecule has 1 aliphatic heterocycles. The van der Waals surface area contributed by atoms with E-state index >= 15 is 0 Å². The molecule has 34 heavy (non-hydrogen) atoms. The molecule has 0 bridgehead atoms. The van der Waals surface area contributed by atoms with Gasteiger partial charge in [0.25, 0.3) is 0 Å². The molecular formula is C20H23N7O6S. The van der Waals surface area contributed by atoms with Crippen LogP contribution in [0.3, 0.4) is 0 Å². The Labute approximate surface area is 195 Å². The molecule has 3 heterocycles. The van der Waals surface area contributed by atoms with Gasteiger partial charge >= 0.3 is 6.09 Å². The largest absolute Gasteiger partial charge is 0.479 e. The molecule has 13 nitrogen and oxygen atoms in total. The van der Waals surface area contributed by atoms with Gasteiger partial charge in [-0.25, -0.2) is 13.2 Å². The Kier molecular flexibility index (Phi) is 6.49. The lowest BCUT2D eigenvalue weighted by atomic mass is 10.1. The van der Waals surface area contributed by atoms with Gasteiger partial charge in [-0.05, 0) is 12.8 Å². The van der Waals surface area contributed by atoms with Crippen molar-refractivity contribution in [2.75, 3.05) is 32.0 Å². The number of ether oxygens (including phenoxy) is 2. The number of hydrogen-bond acceptors (Lipinski definition) is 9. The molecule has 4 rings (SSSR count). The zero-order valence-electron chi connectivity index (χ0n) is 18.4. The van der Waals surface area contributed by atoms with Crippen LogP contribution in [0, 0.1) is 0 Å². The van der Waals surface area contributed by atoms with Crippen molar-refractivity contribution in [3.8, 4) is 28.8 Å². The quantitative estimate of drug-likeness (QED) is 0.499. The molecule has 1 amide bonds. The van der Waals surface area contributed by atoms with E-state index < -0.39 is 21.4 Å². The van der Waals surface area contributed by atoms with Gasteiger partial charge in [0.1, 0.15) is 6.33 Å². The maximum Gasteiger partial charge on any atom is 0.407 e. The summed E-state index contributed by atoms with van der Waals surface area (Å²) in [6.07, 6.45) is 0.818. The molecular weight excluding hydrogens is 466 g/mol. The first-order valence-electron chi connectivity index (χ1n) is 10.3. The standard InChI is InChI=1S/C20H23N7O6S/c1-32-17-15(18(33-2)22-12-21-17)27-16(13-7-4-3-5-8-13)23-24-19(27)25-34(30,31)14-9-6-10-26(11-14)20(28)29/h3-5,7-8,12,14H,6,9-11H2,1-2H3,(H,24,25)(H,28,29). The molecule has 1 unspecified atom stereocenters. The number of likely N-dealkylation sites (tertiary alicyclic amines) is 1. The molecule has 2 aromatic heterocycles. The number of sulfonamides is 1. The summed E-state index contributed by atoms with van der Waals surface area (Å²) in [5, 5.41) is 16.6. The highest BCUT2D eigenvalue weighted by molar-refractivity contribution is 7.93. The van der Waals surface area contributed by atoms with Gasteiger partial charge in [-0.1, -0.05) is 30.3 Å². The van der Waals surface area contributed by atoms with Crippen LogP contribution in [0.2, 0.25) is 0 Å². The first kappa shape index (κ1) is 23.2. The second-order valence-corrected chi connectivity index (χ2v) is 9.39. The monoisotopic (exact) mass is 489 g/mol. The molecule has 14 heteroatoms. The fraction of sp³-hybridized carbons (Fsp3) is 0.350. The Balaban J connectivity index is 1.83. The Bertz CT molecular complexity index is 1260. The normalized spacial score (nSPS) is 16.2. The van der Waals surface area contributed by atoms with Crippen molar-refractivity contribution in [2.24, 2.45) is 0 Å². The zero-order chi connectivity index (χ0) is 24.3. The van der Waals surface area contributed by atoms with Crippen molar-refractivity contribution in [1.29, 1.82) is 0 Å². The first-order valence-corrected chi connectivity index (χ1v) is 11.8. The maximum atomic E-state index is 13.3. The van der Waals surface area contributed by atoms with Crippen LogP contribution in [0.25, 0.3) is 17.1 Å². The third-order valence-corrected chi connectivity index (χ3v) is 7.11. The van der Waals surface area contributed by atoms with Crippen LogP contribution >= 0.6 is 0 Å². The van der Waals surface area contributed by atoms with Crippen molar-refractivity contribution in [2.45, 2.75) is 18.1 Å². The lowest BCUT2D eigenvalue weighted by molar-refractivity contribution is 0.136. The summed E-state index contributed by atoms with van der Waals surface area (Å²) in [7, 11) is -1.23. The lowest BCUT2D eigenvalue weighted by Gasteiger charge is -2.30. The molecule has 0 radical (unpaired) electrons. The zero-order valence-corrected chi connectivity index (χ0v) is 19.3. The highest BCUT2D eigenvalue weighted by atomic mass is 32.2. The Morgan fingerprint density at radius 2 is 1.79 bits per heavy atom. The van der Waals surface area contributed by atoms with Crippen molar-refractivity contribution < 1.29 is 27.8 Å². The summed E-state index contributed by atoms with van der Waals surface area (Å²) >= 11 is 0. The summed E-state index contributed by atoms with van der Waals surface area (Å²) in [4.78, 5) is 20.7. The van der Waals surface area contributed by atoms with Gasteiger partial charge in [-0.15, -0.1) is 10.2 Å². The van der Waals surface area contributed by atoms with Crippen LogP contribution in [0.4, 0.5) is 10.7 Å². The number of methoxy groups -OCH3 is 2. The summed E-state index contributed by atoms with van der Waals surface area (Å²) in [6, 6.07) is 9.01. The number of carbonyl (C=O) groups is 1. The number of nitrogens with one attached hydrogen (secondary N) is 1. The first-order chi connectivity index (χ1) is 16.4. The van der Waals surface area contributed by atoms with E-state index in [1.54, 1.807) is 24.3 Å². The Hall–Kier alpha value is -3.94. The van der Waals surface area contributed by atoms with Crippen molar-refractivity contribution in [1.82, 2.24) is 29.6 Å². The summed E-state index contributed by atoms with van der Waals surface area (Å²) in [5.74, 6) is 0.371. The molecule has 1 aromatic carbocycles. The van der Waals surface area contributed by atoms with Gasteiger partial charge in [-0.3, -0.25) is 9.29 Å². The van der Waals surface area contributed by atoms with Crippen LogP contribution < -0.4 is 14.2 Å².